The van der Waals surface area contributed by atoms with Crippen molar-refractivity contribution in [2.24, 2.45) is 94.7 Å². The van der Waals surface area contributed by atoms with Gasteiger partial charge in [0.25, 0.3) is 26.1 Å². The van der Waals surface area contributed by atoms with Gasteiger partial charge in [0.05, 0.1) is 64.5 Å². The molecule has 13 rings (SSSR count). The summed E-state index contributed by atoms with van der Waals surface area (Å²) in [6.45, 7) is 19.7. The summed E-state index contributed by atoms with van der Waals surface area (Å²) in [5.41, 5.74) is 42.3. The van der Waals surface area contributed by atoms with Gasteiger partial charge in [0, 0.05) is 181 Å². The lowest BCUT2D eigenvalue weighted by molar-refractivity contribution is -0.124. The highest BCUT2D eigenvalue weighted by Crippen LogP contribution is 2.63. The zero-order chi connectivity index (χ0) is 106. The molecule has 145 heavy (non-hydrogen) atoms. The highest BCUT2D eigenvalue weighted by Gasteiger charge is 2.67. The van der Waals surface area contributed by atoms with Crippen LogP contribution in [0.5, 0.6) is 0 Å². The maximum absolute atomic E-state index is 14.8. The summed E-state index contributed by atoms with van der Waals surface area (Å²) in [5.74, 6) is -9.23. The Labute approximate surface area is 836 Å². The summed E-state index contributed by atoms with van der Waals surface area (Å²) in [6.07, 6.45) is -2.16. The largest absolute Gasteiger partial charge is 0.472 e. The summed E-state index contributed by atoms with van der Waals surface area (Å²) in [5, 5.41) is 40.3. The number of aliphatic hydroxyl groups excluding tert-OH is 1. The normalized spacial score (nSPS) is 25.8. The second-order valence-electron chi connectivity index (χ2n) is 40.1. The highest BCUT2D eigenvalue weighted by molar-refractivity contribution is 7.86. The number of nitrogens with two attached hydrogens (primary N) is 7. The molecule has 9 heterocycles. The zero-order valence-corrected chi connectivity index (χ0v) is 85.4. The Morgan fingerprint density at radius 1 is 0.717 bits per heavy atom. The first-order valence-corrected chi connectivity index (χ1v) is 52.2. The van der Waals surface area contributed by atoms with Crippen LogP contribution in [0.2, 0.25) is 0 Å². The van der Waals surface area contributed by atoms with E-state index >= 15 is 0 Å². The van der Waals surface area contributed by atoms with Crippen molar-refractivity contribution in [3.63, 3.8) is 0 Å². The van der Waals surface area contributed by atoms with Crippen LogP contribution in [-0.2, 0) is 94.8 Å². The molecule has 3 aromatic carbocycles. The number of aryl methyl sites for hydroxylation is 3. The van der Waals surface area contributed by atoms with E-state index in [0.717, 1.165) is 17.2 Å². The van der Waals surface area contributed by atoms with Gasteiger partial charge in [0.15, 0.2) is 27.4 Å². The van der Waals surface area contributed by atoms with Gasteiger partial charge in [-0.15, -0.1) is 5.10 Å². The number of aliphatic hydroxyl groups is 1. The van der Waals surface area contributed by atoms with Gasteiger partial charge < -0.3 is 94.8 Å². The number of benzene rings is 4. The SMILES string of the molecule is C/C1=C2/N[C@H]([C@H](CC(N)=O)[C@@]2(C)CCC(=O)NC[C@@H](C)OP(=O)(O)O[C@H]2[C@@H](O)[C@@H](n3cnc4cc(C)c(C)cc43)O[C@@H]2COC(=O)NCCCCCCn2cc(CNC(=O)CCCN(C)C(=O)c3ccccc3-c3c4ccc(=N)c(S(=O)(=O)O)c-4oc4c(S(=O)(=O)O)c(N)ccc34)nn2)[C@]2(C)N=C(/C(C)=C3N=C(/C=C4N=C1[C@@H](CCC(N)=O)C\4(C)C)[C@@H](CCC(N)=O)[C@]\3(C)CC(N)=O)[C@@H](CCC(N)=O)[C@]2(C)CC(N)=O. The molecule has 48 heteroatoms. The molecular weight excluding hydrogens is 1940 g/mol. The fraction of sp³-hybridized carbons (Fsp3) is 0.515. The minimum Gasteiger partial charge on any atom is -0.453 e. The van der Waals surface area contributed by atoms with E-state index in [1.165, 1.54) is 60.1 Å². The van der Waals surface area contributed by atoms with Gasteiger partial charge in [-0.25, -0.2) is 14.3 Å². The summed E-state index contributed by atoms with van der Waals surface area (Å²) in [4.78, 5) is 168. The third-order valence-corrected chi connectivity index (χ3v) is 32.6. The molecule has 782 valence electrons. The number of hydrogen-bond acceptors (Lipinski definition) is 30. The van der Waals surface area contributed by atoms with E-state index in [0.29, 0.717) is 94.3 Å². The van der Waals surface area contributed by atoms with Crippen molar-refractivity contribution in [2.45, 2.75) is 250 Å². The first-order valence-electron chi connectivity index (χ1n) is 47.8. The lowest BCUT2D eigenvalue weighted by Crippen LogP contribution is -2.59. The number of fused-ring (bicyclic) bond motifs is 9. The smallest absolute Gasteiger partial charge is 0.453 e. The molecule has 1 unspecified atom stereocenters. The third-order valence-electron chi connectivity index (χ3n) is 29.6. The number of amides is 10. The molecular formula is C97H128N21O24PS2. The molecule has 0 spiro atoms. The molecule has 8 bridgehead atoms. The van der Waals surface area contributed by atoms with E-state index in [4.69, 9.17) is 83.5 Å². The maximum atomic E-state index is 14.8. The molecule has 2 saturated heterocycles. The monoisotopic (exact) mass is 2070 g/mol. The molecule has 8 aliphatic rings. The predicted octanol–water partition coefficient (Wildman–Crippen LogP) is 6.99. The number of ether oxygens (including phenoxy) is 2. The maximum Gasteiger partial charge on any atom is 0.472 e. The van der Waals surface area contributed by atoms with Crippen LogP contribution < -0.4 is 66.8 Å². The summed E-state index contributed by atoms with van der Waals surface area (Å²) < 4.78 is 118. The number of aromatic nitrogens is 5. The van der Waals surface area contributed by atoms with Crippen LogP contribution in [0.4, 0.5) is 10.5 Å². The van der Waals surface area contributed by atoms with E-state index in [9.17, 15) is 88.5 Å². The Bertz CT molecular complexity index is 6890. The van der Waals surface area contributed by atoms with E-state index in [-0.39, 0.29) is 137 Å². The number of hydrogen-bond donors (Lipinski definition) is 16. The number of imidazole rings is 1. The standard InChI is InChI=1S/C97H128N21O24PS2/c1-49-38-66-67(39-50(49)2)118(48-109-66)91-81(127)84(68(139-91)47-138-92(129)106-35-17-13-14-18-37-117-46-54(114-115-117)45-108-76(125)22-19-36-116(12)90(128)56-21-16-15-20-55(56)78-57-23-28-63(98)85(144(132,133)134)82(57)140-83-58(78)24-29-64(99)86(83)145(135,136)137)142-143(130,131)141-51(3)44-107-77(126)33-34-94(8)62(40-73(103)122)89-97(11)96(10,43-75(105)124)61(27-32-72(102)121)80(113-97)53(5)88-95(9,42-74(104)123)59(25-30-70(100)119)65(110-88)41-69-93(6,7)60(26-31-71(101)120)79(111-69)52(4)87(94)112-89/h15-16,20-21,23-24,28-29,38-39,41,46,48,51,59-62,68,81,84,89,91,98,112,127H,13-14,17-19,22,25-27,30-37,40,42-45,47,99H2,1-12H3,(H2,100,119)(H2,101,120)(H2,102,121)(H2,103,122)(H2,104,123)(H2,105,124)(H,106,129)(H,107,126)(H,108,125)(H,130,131)(H,132,133,134)(H,135,136,137)/b69-41-,87-52-,88-53-,98-63?/t51-,59-,60-,61-,62+,68-,81-,84-,89-,91+,94-,95+,96+,97+/m1/s1. The van der Waals surface area contributed by atoms with Crippen molar-refractivity contribution in [3.05, 3.63) is 135 Å². The van der Waals surface area contributed by atoms with Gasteiger partial charge in [-0.3, -0.25) is 86.4 Å². The molecule has 5 aromatic rings. The molecule has 0 saturated carbocycles. The molecule has 2 aromatic heterocycles. The summed E-state index contributed by atoms with van der Waals surface area (Å²) in [7, 11) is -14.2. The quantitative estimate of drug-likeness (QED) is 0.00601. The van der Waals surface area contributed by atoms with E-state index in [2.05, 4.69) is 36.6 Å². The van der Waals surface area contributed by atoms with Crippen LogP contribution >= 0.6 is 7.82 Å². The van der Waals surface area contributed by atoms with Gasteiger partial charge in [-0.05, 0) is 163 Å². The Morgan fingerprint density at radius 2 is 1.37 bits per heavy atom. The number of rotatable bonds is 44. The first-order chi connectivity index (χ1) is 67.9. The number of phosphoric ester groups is 1. The number of nitrogens with one attached hydrogen (secondary N) is 5. The number of carbonyl (C=O) groups excluding carboxylic acids is 10. The van der Waals surface area contributed by atoms with Gasteiger partial charge in [-0.1, -0.05) is 70.9 Å². The number of unbranched alkanes of at least 4 members (excludes halogenated alkanes) is 3. The number of anilines is 1. The molecule has 2 fully saturated rings. The number of phosphoric acid groups is 1. The van der Waals surface area contributed by atoms with Crippen LogP contribution in [0.3, 0.4) is 0 Å². The van der Waals surface area contributed by atoms with Crippen LogP contribution in [0.15, 0.2) is 137 Å². The minimum atomic E-state index is -5.31. The molecule has 0 radical (unpaired) electrons. The average Bonchev–Trinajstić information content (AvgIpc) is 1.50. The Hall–Kier alpha value is -12.9. The fourth-order valence-corrected chi connectivity index (χ4v) is 24.5. The number of carbonyl (C=O) groups is 10. The van der Waals surface area contributed by atoms with Crippen molar-refractivity contribution < 1.29 is 111 Å². The number of allylic oxidation sites excluding steroid dienone is 6. The highest BCUT2D eigenvalue weighted by atomic mass is 32.2. The van der Waals surface area contributed by atoms with Crippen molar-refractivity contribution in [3.8, 4) is 22.5 Å². The molecule has 7 aliphatic heterocycles. The van der Waals surface area contributed by atoms with Gasteiger partial charge in [-0.2, -0.15) is 16.8 Å². The van der Waals surface area contributed by atoms with Crippen molar-refractivity contribution in [1.82, 2.24) is 50.7 Å². The third kappa shape index (κ3) is 23.0. The lowest BCUT2D eigenvalue weighted by Gasteiger charge is -2.48. The Balaban J connectivity index is 0.635. The van der Waals surface area contributed by atoms with Crippen LogP contribution in [0, 0.1) is 64.6 Å². The van der Waals surface area contributed by atoms with Crippen molar-refractivity contribution in [2.75, 3.05) is 39.0 Å². The topological polar surface area (TPSA) is 730 Å². The van der Waals surface area contributed by atoms with E-state index < -0.39 is 214 Å². The summed E-state index contributed by atoms with van der Waals surface area (Å²) >= 11 is 0. The van der Waals surface area contributed by atoms with Crippen LogP contribution in [0.1, 0.15) is 205 Å². The number of nitrogens with zero attached hydrogens (tertiary/aromatic N) is 9. The molecule has 23 N–H and O–H groups in total. The number of primary amides is 6. The fourth-order valence-electron chi connectivity index (χ4n) is 21.9. The number of aliphatic imine (C=N–C) groups is 3. The molecule has 10 amide bonds. The predicted molar refractivity (Wildman–Crippen MR) is 531 cm³/mol. The van der Waals surface area contributed by atoms with Gasteiger partial charge in [0.2, 0.25) is 47.3 Å². The molecule has 45 nitrogen and oxygen atoms in total. The van der Waals surface area contributed by atoms with E-state index in [1.54, 1.807) is 29.9 Å². The number of nitrogen functional groups attached to an aromatic ring is 1. The average molecular weight is 2070 g/mol. The molecule has 15 atom stereocenters. The molecule has 1 aliphatic carbocycles. The van der Waals surface area contributed by atoms with E-state index in [1.807, 2.05) is 80.5 Å². The van der Waals surface area contributed by atoms with Crippen LogP contribution in [-0.4, -0.2) is 211 Å². The van der Waals surface area contributed by atoms with Crippen molar-refractivity contribution >= 4 is 132 Å². The zero-order valence-electron chi connectivity index (χ0n) is 82.8. The van der Waals surface area contributed by atoms with Crippen LogP contribution in [0.25, 0.3) is 44.5 Å². The lowest BCUT2D eigenvalue weighted by atomic mass is 9.56. The second kappa shape index (κ2) is 43.0. The van der Waals surface area contributed by atoms with Gasteiger partial charge >= 0.3 is 13.9 Å². The second-order valence-corrected chi connectivity index (χ2v) is 44.2. The van der Waals surface area contributed by atoms with Gasteiger partial charge in [0.1, 0.15) is 30.6 Å². The minimum absolute atomic E-state index is 0.0187. The van der Waals surface area contributed by atoms with Crippen molar-refractivity contribution in [1.29, 1.82) is 5.41 Å². The summed E-state index contributed by atoms with van der Waals surface area (Å²) in [6, 6.07) is 13.7. The Kier molecular flexibility index (Phi) is 32.5. The Morgan fingerprint density at radius 3 is 2.03 bits per heavy atom. The number of alkyl carbamates (subject to hydrolysis) is 1. The first kappa shape index (κ1) is 109.